The summed E-state index contributed by atoms with van der Waals surface area (Å²) in [5.41, 5.74) is 1.08. The summed E-state index contributed by atoms with van der Waals surface area (Å²) in [7, 11) is 0. The smallest absolute Gasteiger partial charge is 0.204 e. The molecule has 2 aromatic rings. The predicted octanol–water partition coefficient (Wildman–Crippen LogP) is 4.91. The van der Waals surface area contributed by atoms with Crippen LogP contribution in [0, 0.1) is 6.92 Å². The van der Waals surface area contributed by atoms with Gasteiger partial charge in [-0.15, -0.1) is 11.3 Å². The average Bonchev–Trinajstić information content (AvgIpc) is 2.47. The van der Waals surface area contributed by atoms with Gasteiger partial charge in [-0.2, -0.15) is 0 Å². The van der Waals surface area contributed by atoms with Gasteiger partial charge in [-0.1, -0.05) is 15.9 Å². The van der Waals surface area contributed by atoms with Crippen LogP contribution in [0.15, 0.2) is 22.7 Å². The van der Waals surface area contributed by atoms with E-state index in [0.29, 0.717) is 0 Å². The number of aryl methyl sites for hydroxylation is 1. The molecule has 0 aliphatic rings. The minimum Gasteiger partial charge on any atom is -0.204 e. The summed E-state index contributed by atoms with van der Waals surface area (Å²) in [6.45, 7) is 1.95. The third-order valence-corrected chi connectivity index (χ3v) is 3.71. The molecule has 0 spiro atoms. The monoisotopic (exact) mass is 276 g/mol. The molecule has 0 aliphatic carbocycles. The number of fused-ring (bicyclic) bond motifs is 1. The molecule has 0 bridgehead atoms. The highest BCUT2D eigenvalue weighted by Gasteiger charge is 2.12. The molecule has 0 saturated carbocycles. The summed E-state index contributed by atoms with van der Waals surface area (Å²) in [6.07, 6.45) is -2.38. The Kier molecular flexibility index (Phi) is 2.58. The molecular formula is C10H7BrF2S. The van der Waals surface area contributed by atoms with Crippen LogP contribution in [0.25, 0.3) is 10.1 Å². The van der Waals surface area contributed by atoms with Crippen molar-refractivity contribution in [1.29, 1.82) is 0 Å². The van der Waals surface area contributed by atoms with E-state index in [1.165, 1.54) is 0 Å². The van der Waals surface area contributed by atoms with Gasteiger partial charge in [-0.05, 0) is 30.7 Å². The van der Waals surface area contributed by atoms with Crippen molar-refractivity contribution in [2.45, 2.75) is 13.3 Å². The number of hydrogen-bond donors (Lipinski definition) is 0. The van der Waals surface area contributed by atoms with Gasteiger partial charge < -0.3 is 0 Å². The summed E-state index contributed by atoms with van der Waals surface area (Å²) in [5.74, 6) is 0. The fraction of sp³-hybridized carbons (Fsp3) is 0.200. The molecule has 0 unspecified atom stereocenters. The lowest BCUT2D eigenvalue weighted by Gasteiger charge is -1.95. The van der Waals surface area contributed by atoms with E-state index in [9.17, 15) is 8.78 Å². The van der Waals surface area contributed by atoms with E-state index in [0.717, 1.165) is 31.5 Å². The lowest BCUT2D eigenvalue weighted by molar-refractivity contribution is 0.156. The molecule has 2 rings (SSSR count). The SMILES string of the molecule is Cc1cc(Br)c2cc(C(F)F)sc2c1. The maximum atomic E-state index is 12.4. The molecule has 0 fully saturated rings. The van der Waals surface area contributed by atoms with E-state index < -0.39 is 6.43 Å². The third-order valence-electron chi connectivity index (χ3n) is 1.97. The fourth-order valence-electron chi connectivity index (χ4n) is 1.35. The van der Waals surface area contributed by atoms with Gasteiger partial charge in [0, 0.05) is 14.6 Å². The Hall–Kier alpha value is -0.480. The molecule has 0 N–H and O–H groups in total. The molecule has 1 aromatic carbocycles. The van der Waals surface area contributed by atoms with Crippen molar-refractivity contribution in [2.24, 2.45) is 0 Å². The van der Waals surface area contributed by atoms with Crippen molar-refractivity contribution >= 4 is 37.4 Å². The number of rotatable bonds is 1. The van der Waals surface area contributed by atoms with E-state index in [-0.39, 0.29) is 4.88 Å². The molecule has 0 radical (unpaired) electrons. The van der Waals surface area contributed by atoms with Gasteiger partial charge >= 0.3 is 0 Å². The lowest BCUT2D eigenvalue weighted by Crippen LogP contribution is -1.73. The van der Waals surface area contributed by atoms with Crippen molar-refractivity contribution in [2.75, 3.05) is 0 Å². The number of alkyl halides is 2. The van der Waals surface area contributed by atoms with Crippen molar-refractivity contribution in [3.8, 4) is 0 Å². The second-order valence-corrected chi connectivity index (χ2v) is 5.08. The molecule has 1 heterocycles. The zero-order chi connectivity index (χ0) is 10.3. The van der Waals surface area contributed by atoms with E-state index in [1.807, 2.05) is 19.1 Å². The van der Waals surface area contributed by atoms with Crippen LogP contribution >= 0.6 is 27.3 Å². The van der Waals surface area contributed by atoms with Gasteiger partial charge in [0.05, 0.1) is 4.88 Å². The van der Waals surface area contributed by atoms with Gasteiger partial charge in [0.2, 0.25) is 0 Å². The number of halogens is 3. The highest BCUT2D eigenvalue weighted by molar-refractivity contribution is 9.10. The summed E-state index contributed by atoms with van der Waals surface area (Å²) in [5, 5.41) is 0.871. The van der Waals surface area contributed by atoms with E-state index in [4.69, 9.17) is 0 Å². The number of benzene rings is 1. The Morgan fingerprint density at radius 3 is 2.64 bits per heavy atom. The zero-order valence-corrected chi connectivity index (χ0v) is 9.75. The molecule has 14 heavy (non-hydrogen) atoms. The molecule has 0 aliphatic heterocycles. The van der Waals surface area contributed by atoms with Crippen LogP contribution < -0.4 is 0 Å². The molecule has 0 saturated heterocycles. The van der Waals surface area contributed by atoms with Crippen LogP contribution in [0.4, 0.5) is 8.78 Å². The Labute approximate surface area is 92.7 Å². The predicted molar refractivity (Wildman–Crippen MR) is 59.2 cm³/mol. The first-order chi connectivity index (χ1) is 6.58. The standard InChI is InChI=1S/C10H7BrF2S/c1-5-2-7(11)6-4-9(10(12)13)14-8(6)3-5/h2-4,10H,1H3. The largest absolute Gasteiger partial charge is 0.272 e. The van der Waals surface area contributed by atoms with Gasteiger partial charge in [-0.3, -0.25) is 0 Å². The molecule has 0 amide bonds. The summed E-state index contributed by atoms with van der Waals surface area (Å²) >= 11 is 4.53. The highest BCUT2D eigenvalue weighted by atomic mass is 79.9. The van der Waals surface area contributed by atoms with Crippen molar-refractivity contribution in [1.82, 2.24) is 0 Å². The molecule has 0 nitrogen and oxygen atoms in total. The Morgan fingerprint density at radius 2 is 2.00 bits per heavy atom. The van der Waals surface area contributed by atoms with Crippen LogP contribution in [0.3, 0.4) is 0 Å². The van der Waals surface area contributed by atoms with Crippen molar-refractivity contribution in [3.05, 3.63) is 33.1 Å². The highest BCUT2D eigenvalue weighted by Crippen LogP contribution is 2.36. The summed E-state index contributed by atoms with van der Waals surface area (Å²) in [6, 6.07) is 5.41. The van der Waals surface area contributed by atoms with Crippen molar-refractivity contribution in [3.63, 3.8) is 0 Å². The Morgan fingerprint density at radius 1 is 1.29 bits per heavy atom. The maximum Gasteiger partial charge on any atom is 0.272 e. The fourth-order valence-corrected chi connectivity index (χ4v) is 3.22. The molecular weight excluding hydrogens is 270 g/mol. The quantitative estimate of drug-likeness (QED) is 0.694. The van der Waals surface area contributed by atoms with Gasteiger partial charge in [0.15, 0.2) is 0 Å². The number of thiophene rings is 1. The van der Waals surface area contributed by atoms with Gasteiger partial charge in [0.1, 0.15) is 0 Å². The first-order valence-corrected chi connectivity index (χ1v) is 5.66. The molecule has 0 atom stereocenters. The molecule has 1 aromatic heterocycles. The van der Waals surface area contributed by atoms with Crippen molar-refractivity contribution < 1.29 is 8.78 Å². The number of hydrogen-bond acceptors (Lipinski definition) is 1. The van der Waals surface area contributed by atoms with E-state index in [1.54, 1.807) is 6.07 Å². The Balaban J connectivity index is 2.70. The van der Waals surface area contributed by atoms with Crippen LogP contribution in [-0.2, 0) is 0 Å². The minimum absolute atomic E-state index is 0.131. The van der Waals surface area contributed by atoms with Gasteiger partial charge in [-0.25, -0.2) is 8.78 Å². The third kappa shape index (κ3) is 1.68. The lowest BCUT2D eigenvalue weighted by atomic mass is 10.2. The minimum atomic E-state index is -2.38. The second-order valence-electron chi connectivity index (χ2n) is 3.11. The van der Waals surface area contributed by atoms with Crippen LogP contribution in [0.1, 0.15) is 16.9 Å². The maximum absolute atomic E-state index is 12.4. The van der Waals surface area contributed by atoms with Crippen LogP contribution in [0.5, 0.6) is 0 Å². The van der Waals surface area contributed by atoms with Crippen LogP contribution in [0.2, 0.25) is 0 Å². The zero-order valence-electron chi connectivity index (χ0n) is 7.35. The second kappa shape index (κ2) is 3.59. The topological polar surface area (TPSA) is 0 Å². The normalized spacial score (nSPS) is 11.5. The Bertz CT molecular complexity index is 476. The first-order valence-electron chi connectivity index (χ1n) is 4.05. The molecule has 74 valence electrons. The summed E-state index contributed by atoms with van der Waals surface area (Å²) < 4.78 is 26.7. The van der Waals surface area contributed by atoms with Gasteiger partial charge in [0.25, 0.3) is 6.43 Å². The van der Waals surface area contributed by atoms with Crippen LogP contribution in [-0.4, -0.2) is 0 Å². The average molecular weight is 277 g/mol. The molecule has 4 heteroatoms. The van der Waals surface area contributed by atoms with E-state index >= 15 is 0 Å². The first kappa shape index (κ1) is 10.1. The van der Waals surface area contributed by atoms with E-state index in [2.05, 4.69) is 15.9 Å². The summed E-state index contributed by atoms with van der Waals surface area (Å²) in [4.78, 5) is 0.131.